The van der Waals surface area contributed by atoms with E-state index in [0.29, 0.717) is 19.4 Å². The van der Waals surface area contributed by atoms with Gasteiger partial charge in [-0.05, 0) is 56.2 Å². The number of hydrogen-bond donors (Lipinski definition) is 1. The highest BCUT2D eigenvalue weighted by Crippen LogP contribution is 2.12. The normalized spacial score (nSPS) is 12.8. The van der Waals surface area contributed by atoms with Crippen molar-refractivity contribution in [2.24, 2.45) is 0 Å². The fourth-order valence-electron chi connectivity index (χ4n) is 3.37. The van der Waals surface area contributed by atoms with Crippen molar-refractivity contribution in [2.45, 2.75) is 71.9 Å². The quantitative estimate of drug-likeness (QED) is 0.593. The van der Waals surface area contributed by atoms with Gasteiger partial charge in [0.2, 0.25) is 11.8 Å². The number of hydrogen-bond acceptors (Lipinski definition) is 2. The van der Waals surface area contributed by atoms with Gasteiger partial charge in [-0.25, -0.2) is 0 Å². The standard InChI is InChI=1S/C26H36N2O2/c1-5-20(3)27-26(30)21(4)28(19-18-23-10-8-7-9-11-23)25(29)17-16-24-14-12-22(6-2)13-15-24/h7-15,20-21H,5-6,16-19H2,1-4H3,(H,27,30). The SMILES string of the molecule is CCc1ccc(CCC(=O)N(CCc2ccccc2)C(C)C(=O)NC(C)CC)cc1. The summed E-state index contributed by atoms with van der Waals surface area (Å²) in [5, 5.41) is 3.02. The minimum Gasteiger partial charge on any atom is -0.352 e. The van der Waals surface area contributed by atoms with Crippen molar-refractivity contribution < 1.29 is 9.59 Å². The van der Waals surface area contributed by atoms with Crippen LogP contribution in [0.15, 0.2) is 54.6 Å². The molecule has 2 unspecified atom stereocenters. The number of nitrogens with zero attached hydrogens (tertiary/aromatic N) is 1. The highest BCUT2D eigenvalue weighted by atomic mass is 16.2. The summed E-state index contributed by atoms with van der Waals surface area (Å²) in [6, 6.07) is 18.1. The van der Waals surface area contributed by atoms with Crippen molar-refractivity contribution in [3.8, 4) is 0 Å². The zero-order valence-electron chi connectivity index (χ0n) is 18.9. The Morgan fingerprint density at radius 2 is 1.47 bits per heavy atom. The van der Waals surface area contributed by atoms with E-state index in [1.165, 1.54) is 11.1 Å². The molecule has 4 nitrogen and oxygen atoms in total. The zero-order valence-corrected chi connectivity index (χ0v) is 18.9. The lowest BCUT2D eigenvalue weighted by atomic mass is 10.0. The molecule has 1 N–H and O–H groups in total. The van der Waals surface area contributed by atoms with E-state index in [9.17, 15) is 9.59 Å². The van der Waals surface area contributed by atoms with Crippen molar-refractivity contribution in [1.29, 1.82) is 0 Å². The van der Waals surface area contributed by atoms with Gasteiger partial charge < -0.3 is 10.2 Å². The van der Waals surface area contributed by atoms with Crippen LogP contribution in [0, 0.1) is 0 Å². The van der Waals surface area contributed by atoms with Crippen molar-refractivity contribution in [2.75, 3.05) is 6.54 Å². The Kier molecular flexibility index (Phi) is 9.59. The molecule has 0 saturated heterocycles. The smallest absolute Gasteiger partial charge is 0.242 e. The maximum Gasteiger partial charge on any atom is 0.242 e. The summed E-state index contributed by atoms with van der Waals surface area (Å²) in [4.78, 5) is 27.6. The van der Waals surface area contributed by atoms with Crippen LogP contribution >= 0.6 is 0 Å². The van der Waals surface area contributed by atoms with Crippen molar-refractivity contribution >= 4 is 11.8 Å². The average molecular weight is 409 g/mol. The zero-order chi connectivity index (χ0) is 21.9. The number of carbonyl (C=O) groups excluding carboxylic acids is 2. The molecule has 2 aromatic carbocycles. The van der Waals surface area contributed by atoms with Gasteiger partial charge in [0.05, 0.1) is 0 Å². The molecule has 2 rings (SSSR count). The monoisotopic (exact) mass is 408 g/mol. The molecule has 0 spiro atoms. The predicted molar refractivity (Wildman–Crippen MR) is 123 cm³/mol. The minimum absolute atomic E-state index is 0.0253. The first kappa shape index (κ1) is 23.7. The van der Waals surface area contributed by atoms with Gasteiger partial charge in [-0.2, -0.15) is 0 Å². The molecule has 0 aliphatic rings. The Hall–Kier alpha value is -2.62. The van der Waals surface area contributed by atoms with Gasteiger partial charge in [-0.1, -0.05) is 68.4 Å². The number of nitrogens with one attached hydrogen (secondary N) is 1. The molecule has 2 amide bonds. The first-order chi connectivity index (χ1) is 14.4. The molecule has 162 valence electrons. The van der Waals surface area contributed by atoms with E-state index in [1.807, 2.05) is 39.0 Å². The third kappa shape index (κ3) is 7.33. The lowest BCUT2D eigenvalue weighted by Gasteiger charge is -2.29. The van der Waals surface area contributed by atoms with Gasteiger partial charge >= 0.3 is 0 Å². The maximum atomic E-state index is 13.1. The summed E-state index contributed by atoms with van der Waals surface area (Å²) in [5.41, 5.74) is 3.62. The largest absolute Gasteiger partial charge is 0.352 e. The molecule has 2 aromatic rings. The van der Waals surface area contributed by atoms with Crippen LogP contribution in [0.4, 0.5) is 0 Å². The summed E-state index contributed by atoms with van der Waals surface area (Å²) < 4.78 is 0. The number of carbonyl (C=O) groups is 2. The third-order valence-corrected chi connectivity index (χ3v) is 5.71. The summed E-state index contributed by atoms with van der Waals surface area (Å²) in [5.74, 6) is -0.0599. The molecule has 4 heteroatoms. The van der Waals surface area contributed by atoms with Gasteiger partial charge in [0.1, 0.15) is 6.04 Å². The Labute approximate surface area is 181 Å². The number of benzene rings is 2. The molecular weight excluding hydrogens is 372 g/mol. The third-order valence-electron chi connectivity index (χ3n) is 5.71. The van der Waals surface area contributed by atoms with Crippen LogP contribution in [-0.4, -0.2) is 35.3 Å². The van der Waals surface area contributed by atoms with Crippen LogP contribution in [0.2, 0.25) is 0 Å². The lowest BCUT2D eigenvalue weighted by molar-refractivity contribution is -0.140. The van der Waals surface area contributed by atoms with Crippen LogP contribution in [0.5, 0.6) is 0 Å². The molecule has 0 aliphatic heterocycles. The van der Waals surface area contributed by atoms with E-state index in [4.69, 9.17) is 0 Å². The topological polar surface area (TPSA) is 49.4 Å². The van der Waals surface area contributed by atoms with E-state index in [2.05, 4.69) is 48.6 Å². The second-order valence-corrected chi connectivity index (χ2v) is 7.99. The van der Waals surface area contributed by atoms with Gasteiger partial charge in [0.25, 0.3) is 0 Å². The van der Waals surface area contributed by atoms with Crippen molar-refractivity contribution in [1.82, 2.24) is 10.2 Å². The molecule has 2 atom stereocenters. The highest BCUT2D eigenvalue weighted by Gasteiger charge is 2.26. The Balaban J connectivity index is 2.05. The van der Waals surface area contributed by atoms with E-state index in [1.54, 1.807) is 4.90 Å². The molecule has 0 aliphatic carbocycles. The van der Waals surface area contributed by atoms with Crippen LogP contribution < -0.4 is 5.32 Å². The average Bonchev–Trinajstić information content (AvgIpc) is 2.78. The highest BCUT2D eigenvalue weighted by molar-refractivity contribution is 5.87. The molecule has 0 saturated carbocycles. The van der Waals surface area contributed by atoms with Gasteiger partial charge in [-0.15, -0.1) is 0 Å². The predicted octanol–water partition coefficient (Wildman–Crippen LogP) is 4.56. The minimum atomic E-state index is -0.488. The molecule has 0 aromatic heterocycles. The molecule has 0 fully saturated rings. The molecule has 0 radical (unpaired) electrons. The van der Waals surface area contributed by atoms with E-state index in [-0.39, 0.29) is 17.9 Å². The fourth-order valence-corrected chi connectivity index (χ4v) is 3.37. The summed E-state index contributed by atoms with van der Waals surface area (Å²) >= 11 is 0. The fraction of sp³-hybridized carbons (Fsp3) is 0.462. The van der Waals surface area contributed by atoms with Gasteiger partial charge in [0.15, 0.2) is 0 Å². The van der Waals surface area contributed by atoms with E-state index < -0.39 is 6.04 Å². The van der Waals surface area contributed by atoms with Gasteiger partial charge in [-0.3, -0.25) is 9.59 Å². The first-order valence-electron chi connectivity index (χ1n) is 11.2. The van der Waals surface area contributed by atoms with E-state index in [0.717, 1.165) is 24.8 Å². The van der Waals surface area contributed by atoms with E-state index >= 15 is 0 Å². The maximum absolute atomic E-state index is 13.1. The molecule has 0 heterocycles. The number of aryl methyl sites for hydroxylation is 2. The summed E-state index contributed by atoms with van der Waals surface area (Å²) in [6.45, 7) is 8.52. The summed E-state index contributed by atoms with van der Waals surface area (Å²) in [7, 11) is 0. The first-order valence-corrected chi connectivity index (χ1v) is 11.2. The number of amides is 2. The second-order valence-electron chi connectivity index (χ2n) is 7.99. The molecule has 0 bridgehead atoms. The van der Waals surface area contributed by atoms with Crippen LogP contribution in [0.3, 0.4) is 0 Å². The molecule has 30 heavy (non-hydrogen) atoms. The van der Waals surface area contributed by atoms with Crippen LogP contribution in [0.25, 0.3) is 0 Å². The Morgan fingerprint density at radius 1 is 0.867 bits per heavy atom. The van der Waals surface area contributed by atoms with Crippen molar-refractivity contribution in [3.05, 3.63) is 71.3 Å². The lowest BCUT2D eigenvalue weighted by Crippen LogP contribution is -2.50. The van der Waals surface area contributed by atoms with Crippen molar-refractivity contribution in [3.63, 3.8) is 0 Å². The van der Waals surface area contributed by atoms with Crippen LogP contribution in [-0.2, 0) is 28.9 Å². The van der Waals surface area contributed by atoms with Crippen LogP contribution in [0.1, 0.15) is 57.2 Å². The number of rotatable bonds is 11. The second kappa shape index (κ2) is 12.2. The Morgan fingerprint density at radius 3 is 2.07 bits per heavy atom. The van der Waals surface area contributed by atoms with Gasteiger partial charge in [0, 0.05) is 19.0 Å². The summed E-state index contributed by atoms with van der Waals surface area (Å²) in [6.07, 6.45) is 3.70. The Bertz CT molecular complexity index is 786. The molecular formula is C26H36N2O2.